The van der Waals surface area contributed by atoms with E-state index in [2.05, 4.69) is 15.9 Å². The number of rotatable bonds is 3. The zero-order valence-electron chi connectivity index (χ0n) is 17.2. The third-order valence-corrected chi connectivity index (χ3v) is 6.36. The van der Waals surface area contributed by atoms with Crippen molar-refractivity contribution >= 4 is 11.9 Å². The minimum Gasteiger partial charge on any atom is -0.475 e. The van der Waals surface area contributed by atoms with Crippen LogP contribution in [0.4, 0.5) is 13.2 Å². The van der Waals surface area contributed by atoms with E-state index in [-0.39, 0.29) is 0 Å². The van der Waals surface area contributed by atoms with Crippen molar-refractivity contribution in [1.29, 1.82) is 0 Å². The summed E-state index contributed by atoms with van der Waals surface area (Å²) in [5, 5.41) is 7.12. The van der Waals surface area contributed by atoms with E-state index in [9.17, 15) is 18.0 Å². The average molecular weight is 430 g/mol. The Hall–Kier alpha value is -2.03. The van der Waals surface area contributed by atoms with Gasteiger partial charge in [-0.15, -0.1) is 0 Å². The van der Waals surface area contributed by atoms with Crippen LogP contribution in [0.1, 0.15) is 50.0 Å². The van der Waals surface area contributed by atoms with E-state index in [1.165, 1.54) is 25.7 Å². The Kier molecular flexibility index (Phi) is 6.79. The first-order valence-corrected chi connectivity index (χ1v) is 10.4. The molecule has 6 nitrogen and oxygen atoms in total. The minimum absolute atomic E-state index is 0.333. The highest BCUT2D eigenvalue weighted by atomic mass is 19.4. The fraction of sp³-hybridized carbons (Fsp3) is 0.714. The predicted molar refractivity (Wildman–Crippen MR) is 103 cm³/mol. The fourth-order valence-corrected chi connectivity index (χ4v) is 4.61. The van der Waals surface area contributed by atoms with Gasteiger partial charge in [0, 0.05) is 31.0 Å². The fourth-order valence-electron chi connectivity index (χ4n) is 4.61. The highest BCUT2D eigenvalue weighted by Gasteiger charge is 2.44. The lowest BCUT2D eigenvalue weighted by molar-refractivity contribution is -0.192. The summed E-state index contributed by atoms with van der Waals surface area (Å²) in [4.78, 5) is 26.1. The molecule has 30 heavy (non-hydrogen) atoms. The SMILES string of the molecule is Cc1ccc(CN2CCCC3(CCN(C(=O)C4CCC4)C3)C2)o1.O=C(O)C(F)(F)F. The Labute approximate surface area is 174 Å². The first-order chi connectivity index (χ1) is 14.1. The van der Waals surface area contributed by atoms with Crippen LogP contribution in [0.5, 0.6) is 0 Å². The van der Waals surface area contributed by atoms with Crippen molar-refractivity contribution in [2.75, 3.05) is 26.2 Å². The summed E-state index contributed by atoms with van der Waals surface area (Å²) in [6.45, 7) is 7.13. The molecule has 4 rings (SSSR count). The summed E-state index contributed by atoms with van der Waals surface area (Å²) in [7, 11) is 0. The van der Waals surface area contributed by atoms with Crippen molar-refractivity contribution in [2.45, 2.75) is 58.2 Å². The van der Waals surface area contributed by atoms with E-state index in [0.717, 1.165) is 57.1 Å². The molecule has 3 aliphatic rings. The van der Waals surface area contributed by atoms with Crippen LogP contribution in [0.15, 0.2) is 16.5 Å². The number of halogens is 3. The maximum atomic E-state index is 12.5. The van der Waals surface area contributed by atoms with Gasteiger partial charge in [0.2, 0.25) is 5.91 Å². The van der Waals surface area contributed by atoms with Gasteiger partial charge in [-0.2, -0.15) is 13.2 Å². The Balaban J connectivity index is 0.000000318. The van der Waals surface area contributed by atoms with Crippen LogP contribution in [-0.4, -0.2) is 59.1 Å². The number of carbonyl (C=O) groups excluding carboxylic acids is 1. The topological polar surface area (TPSA) is 74.0 Å². The zero-order chi connectivity index (χ0) is 21.9. The molecule has 1 saturated carbocycles. The van der Waals surface area contributed by atoms with Crippen LogP contribution >= 0.6 is 0 Å². The summed E-state index contributed by atoms with van der Waals surface area (Å²) >= 11 is 0. The largest absolute Gasteiger partial charge is 0.490 e. The second kappa shape index (κ2) is 8.99. The number of carboxylic acids is 1. The molecule has 168 valence electrons. The van der Waals surface area contributed by atoms with Gasteiger partial charge in [-0.05, 0) is 57.7 Å². The molecule has 2 saturated heterocycles. The molecule has 2 aliphatic heterocycles. The van der Waals surface area contributed by atoms with Crippen LogP contribution in [-0.2, 0) is 16.1 Å². The number of hydrogen-bond donors (Lipinski definition) is 1. The zero-order valence-corrected chi connectivity index (χ0v) is 17.2. The number of aryl methyl sites for hydroxylation is 1. The number of aliphatic carboxylic acids is 1. The lowest BCUT2D eigenvalue weighted by Gasteiger charge is -2.40. The monoisotopic (exact) mass is 430 g/mol. The molecule has 3 heterocycles. The van der Waals surface area contributed by atoms with Crippen LogP contribution in [0.2, 0.25) is 0 Å². The molecule has 1 atom stereocenters. The van der Waals surface area contributed by atoms with E-state index >= 15 is 0 Å². The summed E-state index contributed by atoms with van der Waals surface area (Å²) in [6, 6.07) is 4.14. The van der Waals surface area contributed by atoms with Crippen molar-refractivity contribution in [3.8, 4) is 0 Å². The second-order valence-corrected chi connectivity index (χ2v) is 8.77. The number of piperidine rings is 1. The maximum absolute atomic E-state index is 12.5. The normalized spacial score (nSPS) is 25.0. The first-order valence-electron chi connectivity index (χ1n) is 10.4. The molecule has 1 aromatic rings. The molecular formula is C21H29F3N2O4. The van der Waals surface area contributed by atoms with Crippen molar-refractivity contribution < 1.29 is 32.3 Å². The molecular weight excluding hydrogens is 401 g/mol. The Bertz CT molecular complexity index is 760. The van der Waals surface area contributed by atoms with Gasteiger partial charge in [-0.25, -0.2) is 4.79 Å². The molecule has 1 N–H and O–H groups in total. The summed E-state index contributed by atoms with van der Waals surface area (Å²) < 4.78 is 37.5. The molecule has 9 heteroatoms. The number of likely N-dealkylation sites (tertiary alicyclic amines) is 2. The lowest BCUT2D eigenvalue weighted by Crippen LogP contribution is -2.46. The van der Waals surface area contributed by atoms with Crippen molar-refractivity contribution in [3.05, 3.63) is 23.7 Å². The number of hydrogen-bond acceptors (Lipinski definition) is 4. The highest BCUT2D eigenvalue weighted by molar-refractivity contribution is 5.80. The quantitative estimate of drug-likeness (QED) is 0.789. The predicted octanol–water partition coefficient (Wildman–Crippen LogP) is 3.84. The number of furan rings is 1. The van der Waals surface area contributed by atoms with Crippen molar-refractivity contribution in [3.63, 3.8) is 0 Å². The molecule has 1 aromatic heterocycles. The van der Waals surface area contributed by atoms with Gasteiger partial charge in [0.15, 0.2) is 0 Å². The standard InChI is InChI=1S/C19H28N2O2.C2HF3O2/c1-15-6-7-17(23-15)12-20-10-3-8-19(13-20)9-11-21(14-19)18(22)16-4-2-5-16;3-2(4,5)1(6)7/h6-7,16H,2-5,8-14H2,1H3;(H,6,7). The molecule has 1 aliphatic carbocycles. The van der Waals surface area contributed by atoms with Gasteiger partial charge in [0.05, 0.1) is 6.54 Å². The third kappa shape index (κ3) is 5.56. The van der Waals surface area contributed by atoms with E-state index in [0.29, 0.717) is 17.2 Å². The molecule has 1 amide bonds. The highest BCUT2D eigenvalue weighted by Crippen LogP contribution is 2.41. The lowest BCUT2D eigenvalue weighted by atomic mass is 9.79. The number of amides is 1. The average Bonchev–Trinajstić information content (AvgIpc) is 3.20. The minimum atomic E-state index is -5.08. The third-order valence-electron chi connectivity index (χ3n) is 6.36. The Morgan fingerprint density at radius 1 is 1.17 bits per heavy atom. The van der Waals surface area contributed by atoms with E-state index in [4.69, 9.17) is 14.3 Å². The van der Waals surface area contributed by atoms with Gasteiger partial charge in [-0.3, -0.25) is 9.69 Å². The second-order valence-electron chi connectivity index (χ2n) is 8.77. The van der Waals surface area contributed by atoms with E-state index < -0.39 is 12.1 Å². The smallest absolute Gasteiger partial charge is 0.475 e. The van der Waals surface area contributed by atoms with Crippen molar-refractivity contribution in [2.24, 2.45) is 11.3 Å². The van der Waals surface area contributed by atoms with E-state index in [1.54, 1.807) is 0 Å². The van der Waals surface area contributed by atoms with Gasteiger partial charge < -0.3 is 14.4 Å². The Morgan fingerprint density at radius 2 is 1.87 bits per heavy atom. The van der Waals surface area contributed by atoms with Gasteiger partial charge in [0.1, 0.15) is 11.5 Å². The Morgan fingerprint density at radius 3 is 2.40 bits per heavy atom. The van der Waals surface area contributed by atoms with Gasteiger partial charge in [0.25, 0.3) is 0 Å². The van der Waals surface area contributed by atoms with Crippen LogP contribution < -0.4 is 0 Å². The van der Waals surface area contributed by atoms with Gasteiger partial charge in [-0.1, -0.05) is 6.42 Å². The number of carboxylic acid groups (broad SMARTS) is 1. The first kappa shape index (κ1) is 22.7. The summed E-state index contributed by atoms with van der Waals surface area (Å²) in [5.41, 5.74) is 0.333. The molecule has 0 bridgehead atoms. The van der Waals surface area contributed by atoms with E-state index in [1.807, 2.05) is 13.0 Å². The number of nitrogens with zero attached hydrogens (tertiary/aromatic N) is 2. The van der Waals surface area contributed by atoms with Crippen molar-refractivity contribution in [1.82, 2.24) is 9.80 Å². The van der Waals surface area contributed by atoms with Gasteiger partial charge >= 0.3 is 12.1 Å². The molecule has 0 aromatic carbocycles. The molecule has 1 spiro atoms. The summed E-state index contributed by atoms with van der Waals surface area (Å²) in [5.74, 6) is 0.0835. The molecule has 0 radical (unpaired) electrons. The number of alkyl halides is 3. The maximum Gasteiger partial charge on any atom is 0.490 e. The summed E-state index contributed by atoms with van der Waals surface area (Å²) in [6.07, 6.45) is 2.09. The van der Waals surface area contributed by atoms with Crippen LogP contribution in [0.25, 0.3) is 0 Å². The molecule has 3 fully saturated rings. The van der Waals surface area contributed by atoms with Crippen LogP contribution in [0, 0.1) is 18.3 Å². The molecule has 1 unspecified atom stereocenters. The van der Waals surface area contributed by atoms with Crippen LogP contribution in [0.3, 0.4) is 0 Å². The number of carbonyl (C=O) groups is 2.